The smallest absolute Gasteiger partial charge is 0.219 e. The Morgan fingerprint density at radius 1 is 0.594 bits per heavy atom. The Morgan fingerprint density at radius 3 is 1.22 bits per heavy atom. The molecule has 194 valence electrons. The first-order chi connectivity index (χ1) is 13.6. The molecule has 2 nitrogen and oxygen atoms in total. The quantitative estimate of drug-likeness (QED) is 0.357. The van der Waals surface area contributed by atoms with Crippen LogP contribution in [0.3, 0.4) is 0 Å². The molecule has 1 atom stereocenters. The van der Waals surface area contributed by atoms with Gasteiger partial charge in [-0.2, -0.15) is 0 Å². The topological polar surface area (TPSA) is 20.3 Å². The van der Waals surface area contributed by atoms with Gasteiger partial charge in [0.1, 0.15) is 0 Å². The van der Waals surface area contributed by atoms with Gasteiger partial charge in [0.25, 0.3) is 0 Å². The lowest BCUT2D eigenvalue weighted by molar-refractivity contribution is -0.131. The Balaban J connectivity index is 0. The van der Waals surface area contributed by atoms with Crippen LogP contribution in [0.4, 0.5) is 0 Å². The summed E-state index contributed by atoms with van der Waals surface area (Å²) in [6.07, 6.45) is 14.1. The van der Waals surface area contributed by atoms with Crippen molar-refractivity contribution in [2.75, 3.05) is 6.54 Å². The number of carbonyl (C=O) groups excluding carboxylic acids is 1. The average molecular weight is 454 g/mol. The van der Waals surface area contributed by atoms with Crippen LogP contribution in [0.25, 0.3) is 0 Å². The largest absolute Gasteiger partial charge is 0.339 e. The van der Waals surface area contributed by atoms with Crippen molar-refractivity contribution >= 4 is 5.91 Å². The number of hydrogen-bond donors (Lipinski definition) is 0. The number of carbonyl (C=O) groups is 1. The normalized spacial score (nSPS) is 22.2. The van der Waals surface area contributed by atoms with Gasteiger partial charge in [-0.25, -0.2) is 0 Å². The van der Waals surface area contributed by atoms with Crippen molar-refractivity contribution in [3.05, 3.63) is 0 Å². The van der Waals surface area contributed by atoms with Crippen LogP contribution >= 0.6 is 0 Å². The van der Waals surface area contributed by atoms with Crippen LogP contribution in [-0.4, -0.2) is 23.4 Å². The lowest BCUT2D eigenvalue weighted by Gasteiger charge is -2.37. The lowest BCUT2D eigenvalue weighted by Crippen LogP contribution is -2.41. The Morgan fingerprint density at radius 2 is 1.00 bits per heavy atom. The zero-order valence-electron chi connectivity index (χ0n) is 22.4. The zero-order chi connectivity index (χ0) is 23.2. The van der Waals surface area contributed by atoms with Crippen LogP contribution < -0.4 is 0 Å². The fourth-order valence-electron chi connectivity index (χ4n) is 5.29. The van der Waals surface area contributed by atoms with Crippen molar-refractivity contribution in [3.8, 4) is 0 Å². The van der Waals surface area contributed by atoms with E-state index in [2.05, 4.69) is 62.3 Å². The maximum Gasteiger partial charge on any atom is 0.219 e. The van der Waals surface area contributed by atoms with Gasteiger partial charge in [-0.1, -0.05) is 103 Å². The molecule has 0 aromatic carbocycles. The van der Waals surface area contributed by atoms with Gasteiger partial charge in [-0.15, -0.1) is 0 Å². The number of amides is 1. The number of nitrogens with zero attached hydrogens (tertiary/aromatic N) is 1. The zero-order valence-corrected chi connectivity index (χ0v) is 22.4. The van der Waals surface area contributed by atoms with Gasteiger partial charge in [0.05, 0.1) is 0 Å². The molecular formula is C30H63NO. The van der Waals surface area contributed by atoms with Crippen LogP contribution in [0.1, 0.15) is 148 Å². The first kappa shape index (κ1) is 33.6. The molecule has 1 aliphatic heterocycles. The summed E-state index contributed by atoms with van der Waals surface area (Å²) in [6, 6.07) is 0.454. The Hall–Kier alpha value is -0.530. The molecular weight excluding hydrogens is 390 g/mol. The monoisotopic (exact) mass is 453 g/mol. The summed E-state index contributed by atoms with van der Waals surface area (Å²) >= 11 is 0. The molecule has 32 heavy (non-hydrogen) atoms. The summed E-state index contributed by atoms with van der Waals surface area (Å²) < 4.78 is 0. The summed E-state index contributed by atoms with van der Waals surface area (Å²) in [5.74, 6) is 2.26. The molecule has 3 fully saturated rings. The molecule has 0 aromatic rings. The molecule has 1 amide bonds. The number of likely N-dealkylation sites (tertiary alicyclic amines) is 1. The number of hydrogen-bond acceptors (Lipinski definition) is 1. The molecule has 3 rings (SSSR count). The highest BCUT2D eigenvalue weighted by Crippen LogP contribution is 2.41. The molecule has 1 unspecified atom stereocenters. The molecule has 0 radical (unpaired) electrons. The van der Waals surface area contributed by atoms with Crippen molar-refractivity contribution in [1.29, 1.82) is 0 Å². The van der Waals surface area contributed by atoms with Crippen LogP contribution in [-0.2, 0) is 4.79 Å². The SMILES string of the molecule is C.C.CC(=O)N1CCCC1C(C)(C)C.CC(C)(C)C1CCC1.CC(C)(C)C1CCCCC1. The molecule has 0 bridgehead atoms. The molecule has 2 heteroatoms. The predicted octanol–water partition coefficient (Wildman–Crippen LogP) is 9.76. The second-order valence-electron chi connectivity index (χ2n) is 13.4. The number of rotatable bonds is 0. The Bertz CT molecular complexity index is 492. The van der Waals surface area contributed by atoms with Crippen LogP contribution in [0.2, 0.25) is 0 Å². The molecule has 2 saturated carbocycles. The van der Waals surface area contributed by atoms with Crippen molar-refractivity contribution in [2.24, 2.45) is 28.1 Å². The van der Waals surface area contributed by atoms with Crippen molar-refractivity contribution in [2.45, 2.75) is 154 Å². The highest BCUT2D eigenvalue weighted by molar-refractivity contribution is 5.74. The second-order valence-corrected chi connectivity index (χ2v) is 13.4. The van der Waals surface area contributed by atoms with E-state index < -0.39 is 0 Å². The van der Waals surface area contributed by atoms with E-state index in [1.54, 1.807) is 6.92 Å². The molecule has 1 heterocycles. The average Bonchev–Trinajstić information content (AvgIpc) is 3.03. The maximum absolute atomic E-state index is 11.2. The van der Waals surface area contributed by atoms with Crippen LogP contribution in [0.15, 0.2) is 0 Å². The van der Waals surface area contributed by atoms with E-state index in [0.717, 1.165) is 18.4 Å². The van der Waals surface area contributed by atoms with E-state index in [9.17, 15) is 4.79 Å². The molecule has 0 N–H and O–H groups in total. The van der Waals surface area contributed by atoms with Crippen LogP contribution in [0, 0.1) is 28.1 Å². The minimum atomic E-state index is 0. The minimum Gasteiger partial charge on any atom is -0.339 e. The standard InChI is InChI=1S/C10H19NO.C10H20.C8H16.2CH4/c1-8(12)11-7-5-6-9(11)10(2,3)4;1-10(2,3)9-7-5-4-6-8-9;1-8(2,3)7-5-4-6-7;;/h9H,5-7H2,1-4H3;9H,4-8H2,1-3H3;7H,4-6H2,1-3H3;2*1H4. The van der Waals surface area contributed by atoms with Crippen molar-refractivity contribution < 1.29 is 4.79 Å². The lowest BCUT2D eigenvalue weighted by atomic mass is 9.69. The highest BCUT2D eigenvalue weighted by Gasteiger charge is 2.35. The second kappa shape index (κ2) is 14.0. The van der Waals surface area contributed by atoms with E-state index in [-0.39, 0.29) is 26.2 Å². The summed E-state index contributed by atoms with van der Waals surface area (Å²) in [5, 5.41) is 0. The van der Waals surface area contributed by atoms with E-state index >= 15 is 0 Å². The fraction of sp³-hybridized carbons (Fsp3) is 0.967. The van der Waals surface area contributed by atoms with Crippen LogP contribution in [0.5, 0.6) is 0 Å². The van der Waals surface area contributed by atoms with E-state index in [4.69, 9.17) is 0 Å². The van der Waals surface area contributed by atoms with E-state index in [0.29, 0.717) is 16.9 Å². The van der Waals surface area contributed by atoms with Gasteiger partial charge in [0.2, 0.25) is 5.91 Å². The van der Waals surface area contributed by atoms with E-state index in [1.807, 2.05) is 4.90 Å². The summed E-state index contributed by atoms with van der Waals surface area (Å²) in [5.41, 5.74) is 1.40. The third-order valence-corrected chi connectivity index (χ3v) is 7.82. The molecule has 0 spiro atoms. The molecule has 1 saturated heterocycles. The van der Waals surface area contributed by atoms with Gasteiger partial charge >= 0.3 is 0 Å². The van der Waals surface area contributed by atoms with Crippen molar-refractivity contribution in [3.63, 3.8) is 0 Å². The van der Waals surface area contributed by atoms with Gasteiger partial charge in [0, 0.05) is 19.5 Å². The molecule has 3 aliphatic rings. The third kappa shape index (κ3) is 11.6. The first-order valence-corrected chi connectivity index (χ1v) is 12.9. The Kier molecular flexibility index (Phi) is 14.7. The van der Waals surface area contributed by atoms with Crippen molar-refractivity contribution in [1.82, 2.24) is 4.90 Å². The van der Waals surface area contributed by atoms with Gasteiger partial charge in [-0.05, 0) is 66.6 Å². The summed E-state index contributed by atoms with van der Waals surface area (Å²) in [4.78, 5) is 13.2. The Labute approximate surface area is 204 Å². The maximum atomic E-state index is 11.2. The summed E-state index contributed by atoms with van der Waals surface area (Å²) in [7, 11) is 0. The first-order valence-electron chi connectivity index (χ1n) is 12.9. The molecule has 0 aromatic heterocycles. The molecule has 2 aliphatic carbocycles. The fourth-order valence-corrected chi connectivity index (χ4v) is 5.29. The summed E-state index contributed by atoms with van der Waals surface area (Å²) in [6.45, 7) is 23.4. The van der Waals surface area contributed by atoms with Gasteiger partial charge in [-0.3, -0.25) is 4.79 Å². The highest BCUT2D eigenvalue weighted by atomic mass is 16.2. The van der Waals surface area contributed by atoms with E-state index in [1.165, 1.54) is 64.2 Å². The van der Waals surface area contributed by atoms with Gasteiger partial charge in [0.15, 0.2) is 0 Å². The van der Waals surface area contributed by atoms with Gasteiger partial charge < -0.3 is 4.90 Å². The minimum absolute atomic E-state index is 0. The predicted molar refractivity (Wildman–Crippen MR) is 146 cm³/mol. The third-order valence-electron chi connectivity index (χ3n) is 7.82.